The largest absolute Gasteiger partial charge is 0.314 e. The fourth-order valence-electron chi connectivity index (χ4n) is 2.02. The Morgan fingerprint density at radius 1 is 1.42 bits per heavy atom. The van der Waals surface area contributed by atoms with Crippen LogP contribution in [-0.2, 0) is 0 Å². The average Bonchev–Trinajstić information content (AvgIpc) is 2.47. The van der Waals surface area contributed by atoms with Crippen LogP contribution in [0.2, 0.25) is 0 Å². The molecule has 0 bridgehead atoms. The van der Waals surface area contributed by atoms with Crippen LogP contribution in [0.1, 0.15) is 46.5 Å². The van der Waals surface area contributed by atoms with E-state index in [-0.39, 0.29) is 0 Å². The van der Waals surface area contributed by atoms with Gasteiger partial charge in [0.2, 0.25) is 0 Å². The van der Waals surface area contributed by atoms with Crippen molar-refractivity contribution in [2.24, 2.45) is 11.8 Å². The van der Waals surface area contributed by atoms with Gasteiger partial charge in [0.25, 0.3) is 0 Å². The van der Waals surface area contributed by atoms with E-state index in [1.807, 2.05) is 0 Å². The molecule has 1 nitrogen and oxygen atoms in total. The summed E-state index contributed by atoms with van der Waals surface area (Å²) in [7, 11) is 0. The molecule has 1 aliphatic rings. The first-order chi connectivity index (χ1) is 5.74. The summed E-state index contributed by atoms with van der Waals surface area (Å²) in [6, 6.07) is 0.706. The van der Waals surface area contributed by atoms with Crippen LogP contribution in [0.4, 0.5) is 0 Å². The van der Waals surface area contributed by atoms with Gasteiger partial charge in [0, 0.05) is 6.04 Å². The van der Waals surface area contributed by atoms with Gasteiger partial charge in [-0.3, -0.25) is 0 Å². The van der Waals surface area contributed by atoms with Crippen molar-refractivity contribution in [1.82, 2.24) is 5.32 Å². The Morgan fingerprint density at radius 2 is 2.17 bits per heavy atom. The molecule has 3 unspecified atom stereocenters. The lowest BCUT2D eigenvalue weighted by Crippen LogP contribution is -2.31. The van der Waals surface area contributed by atoms with E-state index in [0.717, 1.165) is 11.8 Å². The maximum Gasteiger partial charge on any atom is 0.00362 e. The van der Waals surface area contributed by atoms with Crippen molar-refractivity contribution in [2.75, 3.05) is 6.54 Å². The monoisotopic (exact) mass is 169 g/mol. The molecule has 0 aromatic heterocycles. The van der Waals surface area contributed by atoms with Crippen molar-refractivity contribution in [1.29, 1.82) is 0 Å². The second-order valence-corrected chi connectivity index (χ2v) is 4.39. The molecule has 1 saturated carbocycles. The molecule has 1 heteroatoms. The maximum atomic E-state index is 3.60. The molecule has 0 aliphatic heterocycles. The minimum atomic E-state index is 0.706. The minimum Gasteiger partial charge on any atom is -0.314 e. The summed E-state index contributed by atoms with van der Waals surface area (Å²) in [5.74, 6) is 1.92. The Bertz CT molecular complexity index is 122. The van der Waals surface area contributed by atoms with Crippen LogP contribution in [0.25, 0.3) is 0 Å². The van der Waals surface area contributed by atoms with Crippen LogP contribution in [0.3, 0.4) is 0 Å². The highest BCUT2D eigenvalue weighted by Crippen LogP contribution is 2.30. The summed E-state index contributed by atoms with van der Waals surface area (Å²) in [6.45, 7) is 8.17. The zero-order valence-electron chi connectivity index (χ0n) is 8.77. The summed E-state index contributed by atoms with van der Waals surface area (Å²) in [5.41, 5.74) is 0. The molecule has 1 N–H and O–H groups in total. The molecule has 12 heavy (non-hydrogen) atoms. The van der Waals surface area contributed by atoms with Crippen molar-refractivity contribution < 1.29 is 0 Å². The summed E-state index contributed by atoms with van der Waals surface area (Å²) < 4.78 is 0. The van der Waals surface area contributed by atoms with Crippen LogP contribution in [0.5, 0.6) is 0 Å². The molecular formula is C11H23N. The third-order valence-electron chi connectivity index (χ3n) is 3.38. The van der Waals surface area contributed by atoms with E-state index >= 15 is 0 Å². The highest BCUT2D eigenvalue weighted by Gasteiger charge is 2.22. The summed E-state index contributed by atoms with van der Waals surface area (Å²) in [5, 5.41) is 3.60. The molecule has 0 heterocycles. The van der Waals surface area contributed by atoms with Gasteiger partial charge >= 0.3 is 0 Å². The number of hydrogen-bond donors (Lipinski definition) is 1. The van der Waals surface area contributed by atoms with Crippen LogP contribution >= 0.6 is 0 Å². The molecule has 1 fully saturated rings. The van der Waals surface area contributed by atoms with Gasteiger partial charge in [-0.25, -0.2) is 0 Å². The Hall–Kier alpha value is -0.0400. The molecule has 0 spiro atoms. The first-order valence-corrected chi connectivity index (χ1v) is 5.47. The van der Waals surface area contributed by atoms with Crippen molar-refractivity contribution >= 4 is 0 Å². The molecular weight excluding hydrogens is 146 g/mol. The predicted molar refractivity (Wildman–Crippen MR) is 54.3 cm³/mol. The molecule has 0 radical (unpaired) electrons. The van der Waals surface area contributed by atoms with Gasteiger partial charge < -0.3 is 5.32 Å². The van der Waals surface area contributed by atoms with Crippen molar-refractivity contribution in [3.63, 3.8) is 0 Å². The Balaban J connectivity index is 2.13. The molecule has 0 aromatic rings. The first kappa shape index (κ1) is 10.0. The van der Waals surface area contributed by atoms with Gasteiger partial charge in [-0.05, 0) is 38.1 Å². The molecule has 3 atom stereocenters. The van der Waals surface area contributed by atoms with Gasteiger partial charge in [0.15, 0.2) is 0 Å². The van der Waals surface area contributed by atoms with Crippen LogP contribution < -0.4 is 5.32 Å². The zero-order valence-corrected chi connectivity index (χ0v) is 8.77. The fraction of sp³-hybridized carbons (Fsp3) is 1.00. The first-order valence-electron chi connectivity index (χ1n) is 5.47. The van der Waals surface area contributed by atoms with Gasteiger partial charge in [0.05, 0.1) is 0 Å². The standard InChI is InChI=1S/C11H23N/c1-4-10(3)12-8-11-7-5-6-9(11)2/h9-12H,4-8H2,1-3H3. The van der Waals surface area contributed by atoms with E-state index in [1.54, 1.807) is 0 Å². The lowest BCUT2D eigenvalue weighted by Gasteiger charge is -2.18. The topological polar surface area (TPSA) is 12.0 Å². The summed E-state index contributed by atoms with van der Waals surface area (Å²) in [6.07, 6.45) is 5.60. The maximum absolute atomic E-state index is 3.60. The van der Waals surface area contributed by atoms with E-state index < -0.39 is 0 Å². The predicted octanol–water partition coefficient (Wildman–Crippen LogP) is 2.81. The SMILES string of the molecule is CCC(C)NCC1CCCC1C. The number of nitrogens with one attached hydrogen (secondary N) is 1. The van der Waals surface area contributed by atoms with E-state index in [1.165, 1.54) is 32.2 Å². The van der Waals surface area contributed by atoms with Gasteiger partial charge in [0.1, 0.15) is 0 Å². The quantitative estimate of drug-likeness (QED) is 0.682. The Morgan fingerprint density at radius 3 is 2.67 bits per heavy atom. The van der Waals surface area contributed by atoms with Crippen LogP contribution in [-0.4, -0.2) is 12.6 Å². The minimum absolute atomic E-state index is 0.706. The van der Waals surface area contributed by atoms with Gasteiger partial charge in [-0.15, -0.1) is 0 Å². The zero-order chi connectivity index (χ0) is 8.97. The summed E-state index contributed by atoms with van der Waals surface area (Å²) >= 11 is 0. The molecule has 0 amide bonds. The summed E-state index contributed by atoms with van der Waals surface area (Å²) in [4.78, 5) is 0. The molecule has 72 valence electrons. The molecule has 0 saturated heterocycles. The second-order valence-electron chi connectivity index (χ2n) is 4.39. The number of hydrogen-bond acceptors (Lipinski definition) is 1. The fourth-order valence-corrected chi connectivity index (χ4v) is 2.02. The van der Waals surface area contributed by atoms with Crippen molar-refractivity contribution in [3.8, 4) is 0 Å². The van der Waals surface area contributed by atoms with Crippen molar-refractivity contribution in [2.45, 2.75) is 52.5 Å². The van der Waals surface area contributed by atoms with E-state index in [2.05, 4.69) is 26.1 Å². The van der Waals surface area contributed by atoms with Crippen molar-refractivity contribution in [3.05, 3.63) is 0 Å². The van der Waals surface area contributed by atoms with Crippen LogP contribution in [0, 0.1) is 11.8 Å². The van der Waals surface area contributed by atoms with Gasteiger partial charge in [-0.1, -0.05) is 26.7 Å². The normalized spacial score (nSPS) is 32.2. The van der Waals surface area contributed by atoms with Crippen LogP contribution in [0.15, 0.2) is 0 Å². The van der Waals surface area contributed by atoms with Gasteiger partial charge in [-0.2, -0.15) is 0 Å². The Labute approximate surface area is 76.9 Å². The highest BCUT2D eigenvalue weighted by molar-refractivity contribution is 4.76. The molecule has 1 aliphatic carbocycles. The lowest BCUT2D eigenvalue weighted by atomic mass is 9.98. The van der Waals surface area contributed by atoms with E-state index in [4.69, 9.17) is 0 Å². The molecule has 1 rings (SSSR count). The Kier molecular flexibility index (Phi) is 4.07. The smallest absolute Gasteiger partial charge is 0.00362 e. The average molecular weight is 169 g/mol. The highest BCUT2D eigenvalue weighted by atomic mass is 14.9. The number of rotatable bonds is 4. The lowest BCUT2D eigenvalue weighted by molar-refractivity contribution is 0.370. The third-order valence-corrected chi connectivity index (χ3v) is 3.38. The second kappa shape index (κ2) is 4.86. The third kappa shape index (κ3) is 2.78. The van der Waals surface area contributed by atoms with E-state index in [9.17, 15) is 0 Å². The molecule has 0 aromatic carbocycles. The van der Waals surface area contributed by atoms with E-state index in [0.29, 0.717) is 6.04 Å².